The van der Waals surface area contributed by atoms with E-state index in [1.165, 1.54) is 18.4 Å². The molecule has 1 saturated carbocycles. The number of guanidine groups is 1. The van der Waals surface area contributed by atoms with Gasteiger partial charge in [-0.15, -0.1) is 11.3 Å². The number of nitrogens with zero attached hydrogens (tertiary/aromatic N) is 4. The molecular weight excluding hydrogens is 358 g/mol. The predicted octanol–water partition coefficient (Wildman–Crippen LogP) is 2.88. The quantitative estimate of drug-likeness (QED) is 0.612. The molecule has 2 aromatic rings. The van der Waals surface area contributed by atoms with Crippen molar-refractivity contribution in [1.29, 1.82) is 0 Å². The van der Waals surface area contributed by atoms with Gasteiger partial charge in [0.15, 0.2) is 11.1 Å². The number of anilines is 1. The van der Waals surface area contributed by atoms with Crippen molar-refractivity contribution in [2.45, 2.75) is 26.3 Å². The van der Waals surface area contributed by atoms with Crippen LogP contribution in [0.2, 0.25) is 0 Å². The summed E-state index contributed by atoms with van der Waals surface area (Å²) in [5.74, 6) is 2.30. The van der Waals surface area contributed by atoms with Crippen LogP contribution in [0.25, 0.3) is 0 Å². The Morgan fingerprint density at radius 2 is 2.11 bits per heavy atom. The highest BCUT2D eigenvalue weighted by atomic mass is 32.1. The first-order valence-corrected chi connectivity index (χ1v) is 10.5. The molecule has 2 N–H and O–H groups in total. The molecule has 1 aliphatic heterocycles. The van der Waals surface area contributed by atoms with E-state index >= 15 is 0 Å². The van der Waals surface area contributed by atoms with Crippen LogP contribution in [0.1, 0.15) is 24.0 Å². The molecule has 144 valence electrons. The summed E-state index contributed by atoms with van der Waals surface area (Å²) in [5, 5.41) is 3.10. The summed E-state index contributed by atoms with van der Waals surface area (Å²) in [4.78, 5) is 13.5. The predicted molar refractivity (Wildman–Crippen MR) is 111 cm³/mol. The van der Waals surface area contributed by atoms with Gasteiger partial charge < -0.3 is 20.3 Å². The smallest absolute Gasteiger partial charge is 0.191 e. The summed E-state index contributed by atoms with van der Waals surface area (Å²) in [7, 11) is 0. The molecule has 4 rings (SSSR count). The molecule has 0 radical (unpaired) electrons. The van der Waals surface area contributed by atoms with E-state index in [0.29, 0.717) is 12.5 Å². The van der Waals surface area contributed by atoms with E-state index in [0.717, 1.165) is 55.1 Å². The number of aryl methyl sites for hydroxylation is 1. The second kappa shape index (κ2) is 8.17. The Hall–Kier alpha value is -2.28. The van der Waals surface area contributed by atoms with Gasteiger partial charge in [0, 0.05) is 43.3 Å². The van der Waals surface area contributed by atoms with Gasteiger partial charge in [-0.05, 0) is 37.3 Å². The van der Waals surface area contributed by atoms with E-state index in [4.69, 9.17) is 10.5 Å². The van der Waals surface area contributed by atoms with Crippen molar-refractivity contribution in [3.05, 3.63) is 40.9 Å². The van der Waals surface area contributed by atoms with Gasteiger partial charge in [0.25, 0.3) is 0 Å². The first kappa shape index (κ1) is 18.1. The van der Waals surface area contributed by atoms with Gasteiger partial charge in [0.1, 0.15) is 5.75 Å². The van der Waals surface area contributed by atoms with E-state index in [-0.39, 0.29) is 0 Å². The maximum atomic E-state index is 6.28. The molecule has 6 nitrogen and oxygen atoms in total. The molecule has 1 aromatic heterocycles. The zero-order valence-electron chi connectivity index (χ0n) is 15.8. The topological polar surface area (TPSA) is 67.0 Å². The van der Waals surface area contributed by atoms with Crippen LogP contribution in [0, 0.1) is 12.8 Å². The molecule has 0 unspecified atom stereocenters. The van der Waals surface area contributed by atoms with E-state index in [2.05, 4.69) is 44.9 Å². The summed E-state index contributed by atoms with van der Waals surface area (Å²) >= 11 is 1.68. The Kier molecular flexibility index (Phi) is 5.48. The molecule has 27 heavy (non-hydrogen) atoms. The van der Waals surface area contributed by atoms with Crippen LogP contribution in [0.4, 0.5) is 5.13 Å². The summed E-state index contributed by atoms with van der Waals surface area (Å²) < 4.78 is 6.04. The van der Waals surface area contributed by atoms with Crippen molar-refractivity contribution < 1.29 is 4.74 Å². The maximum absolute atomic E-state index is 6.28. The molecule has 2 fully saturated rings. The maximum Gasteiger partial charge on any atom is 0.191 e. The highest BCUT2D eigenvalue weighted by Gasteiger charge is 2.23. The standard InChI is InChI=1S/C20H27N5OS/c1-15-2-5-17(18(12-15)26-14-16-3-4-16)13-23-19(21)24-7-9-25(10-8-24)20-22-6-11-27-20/h2,5-6,11-12,16H,3-4,7-10,13-14H2,1H3,(H2,21,23). The molecule has 0 atom stereocenters. The number of hydrogen-bond acceptors (Lipinski definition) is 5. The first-order valence-electron chi connectivity index (χ1n) is 9.60. The average Bonchev–Trinajstić information content (AvgIpc) is 3.36. The molecule has 1 aliphatic carbocycles. The second-order valence-corrected chi connectivity index (χ2v) is 8.20. The highest BCUT2D eigenvalue weighted by Crippen LogP contribution is 2.31. The Morgan fingerprint density at radius 1 is 1.30 bits per heavy atom. The monoisotopic (exact) mass is 385 g/mol. The highest BCUT2D eigenvalue weighted by molar-refractivity contribution is 7.13. The lowest BCUT2D eigenvalue weighted by atomic mass is 10.1. The number of aliphatic imine (C=N–C) groups is 1. The number of benzene rings is 1. The van der Waals surface area contributed by atoms with Crippen LogP contribution in [-0.4, -0.2) is 48.6 Å². The molecule has 1 saturated heterocycles. The van der Waals surface area contributed by atoms with Crippen molar-refractivity contribution in [2.24, 2.45) is 16.6 Å². The number of thiazole rings is 1. The number of aromatic nitrogens is 1. The summed E-state index contributed by atoms with van der Waals surface area (Å²) in [6.45, 7) is 7.04. The van der Waals surface area contributed by atoms with Crippen molar-refractivity contribution >= 4 is 22.4 Å². The van der Waals surface area contributed by atoms with Crippen LogP contribution in [0.15, 0.2) is 34.8 Å². The molecule has 0 bridgehead atoms. The summed E-state index contributed by atoms with van der Waals surface area (Å²) in [6.07, 6.45) is 4.44. The largest absolute Gasteiger partial charge is 0.493 e. The molecule has 0 amide bonds. The average molecular weight is 386 g/mol. The number of rotatable bonds is 6. The summed E-state index contributed by atoms with van der Waals surface area (Å²) in [5.41, 5.74) is 8.59. The minimum absolute atomic E-state index is 0.554. The fraction of sp³-hybridized carbons (Fsp3) is 0.500. The van der Waals surface area contributed by atoms with E-state index in [1.807, 2.05) is 11.6 Å². The molecule has 7 heteroatoms. The van der Waals surface area contributed by atoms with E-state index in [1.54, 1.807) is 11.3 Å². The van der Waals surface area contributed by atoms with Crippen LogP contribution < -0.4 is 15.4 Å². The number of nitrogens with two attached hydrogens (primary N) is 1. The summed E-state index contributed by atoms with van der Waals surface area (Å²) in [6, 6.07) is 6.32. The molecular formula is C20H27N5OS. The molecule has 2 aliphatic rings. The fourth-order valence-electron chi connectivity index (χ4n) is 3.18. The van der Waals surface area contributed by atoms with Crippen LogP contribution >= 0.6 is 11.3 Å². The van der Waals surface area contributed by atoms with Gasteiger partial charge in [0.05, 0.1) is 13.2 Å². The third-order valence-corrected chi connectivity index (χ3v) is 5.93. The zero-order valence-corrected chi connectivity index (χ0v) is 16.6. The molecule has 2 heterocycles. The SMILES string of the molecule is Cc1ccc(CN=C(N)N2CCN(c3nccs3)CC2)c(OCC2CC2)c1. The van der Waals surface area contributed by atoms with Crippen LogP contribution in [0.5, 0.6) is 5.75 Å². The van der Waals surface area contributed by atoms with Gasteiger partial charge in [-0.25, -0.2) is 9.98 Å². The Bertz CT molecular complexity index is 780. The van der Waals surface area contributed by atoms with Gasteiger partial charge in [-0.2, -0.15) is 0 Å². The van der Waals surface area contributed by atoms with Crippen LogP contribution in [0.3, 0.4) is 0 Å². The van der Waals surface area contributed by atoms with Crippen LogP contribution in [-0.2, 0) is 6.54 Å². The first-order chi connectivity index (χ1) is 13.2. The zero-order chi connectivity index (χ0) is 18.6. The van der Waals surface area contributed by atoms with Crippen molar-refractivity contribution in [3.63, 3.8) is 0 Å². The minimum atomic E-state index is 0.554. The molecule has 1 aromatic carbocycles. The Labute approximate surface area is 164 Å². The Morgan fingerprint density at radius 3 is 2.81 bits per heavy atom. The number of piperazine rings is 1. The van der Waals surface area contributed by atoms with E-state index < -0.39 is 0 Å². The lowest BCUT2D eigenvalue weighted by molar-refractivity contribution is 0.296. The second-order valence-electron chi connectivity index (χ2n) is 7.33. The van der Waals surface area contributed by atoms with Crippen molar-refractivity contribution in [3.8, 4) is 5.75 Å². The minimum Gasteiger partial charge on any atom is -0.493 e. The van der Waals surface area contributed by atoms with Crippen molar-refractivity contribution in [1.82, 2.24) is 9.88 Å². The van der Waals surface area contributed by atoms with Gasteiger partial charge in [0.2, 0.25) is 0 Å². The lowest BCUT2D eigenvalue weighted by Gasteiger charge is -2.35. The van der Waals surface area contributed by atoms with E-state index in [9.17, 15) is 0 Å². The van der Waals surface area contributed by atoms with Crippen molar-refractivity contribution in [2.75, 3.05) is 37.7 Å². The number of ether oxygens (including phenoxy) is 1. The normalized spacial score (nSPS) is 18.0. The third kappa shape index (κ3) is 4.71. The fourth-order valence-corrected chi connectivity index (χ4v) is 3.88. The number of hydrogen-bond donors (Lipinski definition) is 1. The van der Waals surface area contributed by atoms with Gasteiger partial charge in [-0.3, -0.25) is 0 Å². The third-order valence-electron chi connectivity index (χ3n) is 5.10. The molecule has 0 spiro atoms. The van der Waals surface area contributed by atoms with Gasteiger partial charge in [-0.1, -0.05) is 12.1 Å². The Balaban J connectivity index is 1.35. The lowest BCUT2D eigenvalue weighted by Crippen LogP contribution is -2.51. The van der Waals surface area contributed by atoms with Gasteiger partial charge >= 0.3 is 0 Å².